The number of rotatable bonds is 4. The quantitative estimate of drug-likeness (QED) is 0.531. The summed E-state index contributed by atoms with van der Waals surface area (Å²) in [4.78, 5) is 15.9. The molecule has 1 aliphatic carbocycles. The van der Waals surface area contributed by atoms with Gasteiger partial charge in [0.2, 0.25) is 0 Å². The molecule has 29 heavy (non-hydrogen) atoms. The number of anilines is 2. The van der Waals surface area contributed by atoms with Gasteiger partial charge in [0.25, 0.3) is 5.91 Å². The smallest absolute Gasteiger partial charge is 0.382 e. The molecule has 0 aliphatic heterocycles. The summed E-state index contributed by atoms with van der Waals surface area (Å²) in [6.45, 7) is 0. The first-order valence-electron chi connectivity index (χ1n) is 9.23. The van der Waals surface area contributed by atoms with Crippen LogP contribution in [0.2, 0.25) is 0 Å². The number of aromatic amines is 1. The molecular formula is C18H20F3N7O. The maximum Gasteiger partial charge on any atom is 0.434 e. The Balaban J connectivity index is 1.38. The van der Waals surface area contributed by atoms with Crippen molar-refractivity contribution in [2.24, 2.45) is 0 Å². The number of amides is 1. The van der Waals surface area contributed by atoms with Gasteiger partial charge in [-0.3, -0.25) is 14.3 Å². The third-order valence-electron chi connectivity index (χ3n) is 5.11. The number of nitrogens with zero attached hydrogens (tertiary/aromatic N) is 3. The van der Waals surface area contributed by atoms with E-state index in [0.29, 0.717) is 11.4 Å². The molecule has 1 aliphatic rings. The highest BCUT2D eigenvalue weighted by Crippen LogP contribution is 2.30. The van der Waals surface area contributed by atoms with Gasteiger partial charge in [-0.25, -0.2) is 4.98 Å². The monoisotopic (exact) mass is 407 g/mol. The van der Waals surface area contributed by atoms with Crippen LogP contribution in [0.1, 0.15) is 41.7 Å². The number of aromatic nitrogens is 4. The third-order valence-corrected chi connectivity index (χ3v) is 5.11. The molecule has 0 unspecified atom stereocenters. The zero-order valence-electron chi connectivity index (χ0n) is 15.3. The highest BCUT2D eigenvalue weighted by Gasteiger charge is 2.34. The van der Waals surface area contributed by atoms with E-state index in [1.54, 1.807) is 12.1 Å². The van der Waals surface area contributed by atoms with Gasteiger partial charge in [0.1, 0.15) is 17.0 Å². The van der Waals surface area contributed by atoms with Crippen molar-refractivity contribution in [3.63, 3.8) is 0 Å². The summed E-state index contributed by atoms with van der Waals surface area (Å²) in [7, 11) is 0. The average molecular weight is 407 g/mol. The molecule has 0 saturated heterocycles. The molecule has 0 spiro atoms. The van der Waals surface area contributed by atoms with Gasteiger partial charge in [-0.15, -0.1) is 0 Å². The minimum atomic E-state index is -4.49. The number of nitrogens with one attached hydrogen (secondary N) is 3. The van der Waals surface area contributed by atoms with Gasteiger partial charge in [0.15, 0.2) is 11.5 Å². The molecule has 3 aromatic heterocycles. The maximum absolute atomic E-state index is 12.9. The summed E-state index contributed by atoms with van der Waals surface area (Å²) < 4.78 is 40.3. The predicted molar refractivity (Wildman–Crippen MR) is 100 cm³/mol. The first kappa shape index (κ1) is 19.1. The second kappa shape index (κ2) is 7.30. The Morgan fingerprint density at radius 2 is 1.93 bits per heavy atom. The van der Waals surface area contributed by atoms with Crippen molar-refractivity contribution in [1.82, 2.24) is 24.9 Å². The first-order chi connectivity index (χ1) is 13.8. The van der Waals surface area contributed by atoms with Gasteiger partial charge < -0.3 is 16.4 Å². The van der Waals surface area contributed by atoms with Crippen LogP contribution >= 0.6 is 0 Å². The number of hydrogen-bond donors (Lipinski definition) is 4. The number of H-pyrrole nitrogens is 1. The fourth-order valence-electron chi connectivity index (χ4n) is 3.60. The van der Waals surface area contributed by atoms with E-state index >= 15 is 0 Å². The van der Waals surface area contributed by atoms with Crippen molar-refractivity contribution in [2.45, 2.75) is 43.9 Å². The van der Waals surface area contributed by atoms with Crippen LogP contribution in [0.3, 0.4) is 0 Å². The Kier molecular flexibility index (Phi) is 4.81. The summed E-state index contributed by atoms with van der Waals surface area (Å²) in [5.74, 6) is 0.448. The number of alkyl halides is 3. The first-order valence-corrected chi connectivity index (χ1v) is 9.23. The van der Waals surface area contributed by atoms with Gasteiger partial charge in [0, 0.05) is 24.5 Å². The Morgan fingerprint density at radius 1 is 1.21 bits per heavy atom. The number of hydrogen-bond acceptors (Lipinski definition) is 5. The lowest BCUT2D eigenvalue weighted by atomic mass is 9.91. The highest BCUT2D eigenvalue weighted by molar-refractivity contribution is 5.98. The Morgan fingerprint density at radius 3 is 2.59 bits per heavy atom. The van der Waals surface area contributed by atoms with E-state index in [-0.39, 0.29) is 29.5 Å². The molecule has 1 fully saturated rings. The Hall–Kier alpha value is -3.24. The molecule has 3 aromatic rings. The van der Waals surface area contributed by atoms with Crippen LogP contribution in [0.4, 0.5) is 24.8 Å². The molecular weight excluding hydrogens is 387 g/mol. The normalized spacial score (nSPS) is 20.0. The molecule has 8 nitrogen and oxygen atoms in total. The van der Waals surface area contributed by atoms with Gasteiger partial charge >= 0.3 is 6.18 Å². The second-order valence-corrected chi connectivity index (χ2v) is 7.11. The molecule has 1 amide bonds. The molecule has 0 aromatic carbocycles. The van der Waals surface area contributed by atoms with E-state index in [1.165, 1.54) is 16.7 Å². The van der Waals surface area contributed by atoms with Crippen LogP contribution in [0, 0.1) is 0 Å². The second-order valence-electron chi connectivity index (χ2n) is 7.11. The van der Waals surface area contributed by atoms with E-state index in [2.05, 4.69) is 25.8 Å². The molecule has 5 N–H and O–H groups in total. The third kappa shape index (κ3) is 3.98. The minimum Gasteiger partial charge on any atom is -0.382 e. The van der Waals surface area contributed by atoms with Crippen molar-refractivity contribution in [3.8, 4) is 0 Å². The van der Waals surface area contributed by atoms with E-state index in [0.717, 1.165) is 31.9 Å². The molecule has 154 valence electrons. The van der Waals surface area contributed by atoms with Crippen molar-refractivity contribution < 1.29 is 18.0 Å². The number of nitrogens with two attached hydrogens (primary N) is 1. The van der Waals surface area contributed by atoms with E-state index in [4.69, 9.17) is 5.73 Å². The SMILES string of the molecule is Nc1n[nH]cc1C(=O)N[C@H]1CC[C@@H](Nc2cccc3nc(C(F)(F)F)cn23)CC1. The summed E-state index contributed by atoms with van der Waals surface area (Å²) in [6, 6.07) is 5.03. The van der Waals surface area contributed by atoms with Crippen LogP contribution in [0.5, 0.6) is 0 Å². The van der Waals surface area contributed by atoms with Crippen molar-refractivity contribution in [3.05, 3.63) is 41.9 Å². The average Bonchev–Trinajstić information content (AvgIpc) is 3.30. The Bertz CT molecular complexity index is 1020. The van der Waals surface area contributed by atoms with E-state index < -0.39 is 11.9 Å². The number of halogens is 3. The summed E-state index contributed by atoms with van der Waals surface area (Å²) in [5, 5.41) is 12.5. The van der Waals surface area contributed by atoms with Gasteiger partial charge in [-0.2, -0.15) is 18.3 Å². The summed E-state index contributed by atoms with van der Waals surface area (Å²) >= 11 is 0. The number of nitrogen functional groups attached to an aromatic ring is 1. The molecule has 3 heterocycles. The molecule has 0 bridgehead atoms. The highest BCUT2D eigenvalue weighted by atomic mass is 19.4. The fourth-order valence-corrected chi connectivity index (χ4v) is 3.60. The van der Waals surface area contributed by atoms with Crippen LogP contribution in [0.25, 0.3) is 5.65 Å². The number of fused-ring (bicyclic) bond motifs is 1. The lowest BCUT2D eigenvalue weighted by molar-refractivity contribution is -0.140. The van der Waals surface area contributed by atoms with Crippen molar-refractivity contribution in [2.75, 3.05) is 11.1 Å². The Labute approximate surface area is 163 Å². The lowest BCUT2D eigenvalue weighted by Gasteiger charge is -2.30. The fraction of sp³-hybridized carbons (Fsp3) is 0.389. The van der Waals surface area contributed by atoms with Gasteiger partial charge in [0.05, 0.1) is 0 Å². The van der Waals surface area contributed by atoms with Crippen LogP contribution in [-0.4, -0.2) is 37.6 Å². The zero-order valence-corrected chi connectivity index (χ0v) is 15.3. The standard InChI is InChI=1S/C18H20F3N7O/c19-18(20,21)13-9-28-14(2-1-3-15(28)26-13)24-10-4-6-11(7-5-10)25-17(29)12-8-23-27-16(12)22/h1-3,8-11,24H,4-7H2,(H,25,29)(H3,22,23,27)/t10-,11+. The van der Waals surface area contributed by atoms with Gasteiger partial charge in [-0.1, -0.05) is 6.07 Å². The minimum absolute atomic E-state index is 0.00993. The van der Waals surface area contributed by atoms with E-state index in [1.807, 2.05) is 0 Å². The van der Waals surface area contributed by atoms with Crippen molar-refractivity contribution >= 4 is 23.2 Å². The molecule has 1 saturated carbocycles. The molecule has 11 heteroatoms. The largest absolute Gasteiger partial charge is 0.434 e. The predicted octanol–water partition coefficient (Wildman–Crippen LogP) is 2.81. The maximum atomic E-state index is 12.9. The van der Waals surface area contributed by atoms with E-state index in [9.17, 15) is 18.0 Å². The topological polar surface area (TPSA) is 113 Å². The number of imidazole rings is 1. The summed E-state index contributed by atoms with van der Waals surface area (Å²) in [6.07, 6.45) is 0.991. The number of pyridine rings is 1. The zero-order chi connectivity index (χ0) is 20.6. The molecule has 4 rings (SSSR count). The molecule has 0 atom stereocenters. The summed E-state index contributed by atoms with van der Waals surface area (Å²) in [5.41, 5.74) is 5.27. The number of carbonyl (C=O) groups is 1. The van der Waals surface area contributed by atoms with Gasteiger partial charge in [-0.05, 0) is 37.8 Å². The van der Waals surface area contributed by atoms with Crippen LogP contribution in [-0.2, 0) is 6.18 Å². The van der Waals surface area contributed by atoms with Crippen LogP contribution in [0.15, 0.2) is 30.6 Å². The van der Waals surface area contributed by atoms with Crippen LogP contribution < -0.4 is 16.4 Å². The molecule has 0 radical (unpaired) electrons. The number of carbonyl (C=O) groups excluding carboxylic acids is 1. The van der Waals surface area contributed by atoms with Crippen molar-refractivity contribution in [1.29, 1.82) is 0 Å². The lowest BCUT2D eigenvalue weighted by Crippen LogP contribution is -2.40.